The molecule has 1 aliphatic rings. The molecular formula is C10H10Cl3NO. The van der Waals surface area contributed by atoms with Gasteiger partial charge in [-0.05, 0) is 18.4 Å². The molecule has 1 heterocycles. The van der Waals surface area contributed by atoms with Crippen LogP contribution in [0.5, 0.6) is 5.88 Å². The molecule has 1 aromatic heterocycles. The molecule has 0 amide bonds. The van der Waals surface area contributed by atoms with Crippen LogP contribution in [0.4, 0.5) is 0 Å². The normalized spacial score (nSPS) is 15.4. The Balaban J connectivity index is 1.96. The summed E-state index contributed by atoms with van der Waals surface area (Å²) in [6, 6.07) is 1.55. The van der Waals surface area contributed by atoms with E-state index in [1.54, 1.807) is 6.07 Å². The van der Waals surface area contributed by atoms with E-state index in [-0.39, 0.29) is 5.15 Å². The first-order valence-corrected chi connectivity index (χ1v) is 5.94. The van der Waals surface area contributed by atoms with Crippen LogP contribution < -0.4 is 4.74 Å². The molecule has 82 valence electrons. The van der Waals surface area contributed by atoms with Crippen LogP contribution in [0.25, 0.3) is 0 Å². The average molecular weight is 267 g/mol. The molecule has 0 unspecified atom stereocenters. The van der Waals surface area contributed by atoms with Crippen molar-refractivity contribution in [3.63, 3.8) is 0 Å². The lowest BCUT2D eigenvalue weighted by atomic mass is 10.3. The second-order valence-electron chi connectivity index (χ2n) is 3.63. The van der Waals surface area contributed by atoms with Gasteiger partial charge in [0.2, 0.25) is 5.88 Å². The molecule has 0 aliphatic heterocycles. The lowest BCUT2D eigenvalue weighted by molar-refractivity contribution is 0.291. The van der Waals surface area contributed by atoms with E-state index >= 15 is 0 Å². The van der Waals surface area contributed by atoms with E-state index in [0.29, 0.717) is 22.5 Å². The third-order valence-electron chi connectivity index (χ3n) is 2.32. The summed E-state index contributed by atoms with van der Waals surface area (Å²) in [5, 5.41) is 0.971. The highest BCUT2D eigenvalue weighted by Gasteiger charge is 2.21. The van der Waals surface area contributed by atoms with E-state index < -0.39 is 0 Å². The Hall–Kier alpha value is -0.180. The van der Waals surface area contributed by atoms with Crippen molar-refractivity contribution >= 4 is 34.8 Å². The Morgan fingerprint density at radius 3 is 2.67 bits per heavy atom. The van der Waals surface area contributed by atoms with E-state index in [2.05, 4.69) is 4.98 Å². The van der Waals surface area contributed by atoms with Crippen LogP contribution >= 0.6 is 34.8 Å². The molecule has 15 heavy (non-hydrogen) atoms. The molecule has 0 bridgehead atoms. The van der Waals surface area contributed by atoms with Gasteiger partial charge in [0.25, 0.3) is 0 Å². The topological polar surface area (TPSA) is 22.1 Å². The summed E-state index contributed by atoms with van der Waals surface area (Å²) in [5.74, 6) is 1.19. The Bertz CT molecular complexity index is 366. The quantitative estimate of drug-likeness (QED) is 0.761. The minimum Gasteiger partial charge on any atom is -0.477 e. The molecule has 1 fully saturated rings. The number of ether oxygens (including phenoxy) is 1. The van der Waals surface area contributed by atoms with Crippen LogP contribution in [0.2, 0.25) is 15.2 Å². The van der Waals surface area contributed by atoms with E-state index in [9.17, 15) is 0 Å². The SMILES string of the molecule is Clc1cc(Cl)c(OCCC2CC2)nc1Cl. The third-order valence-corrected chi connectivity index (χ3v) is 3.26. The molecule has 0 N–H and O–H groups in total. The monoisotopic (exact) mass is 265 g/mol. The van der Waals surface area contributed by atoms with E-state index in [0.717, 1.165) is 12.3 Å². The van der Waals surface area contributed by atoms with Gasteiger partial charge in [0, 0.05) is 0 Å². The van der Waals surface area contributed by atoms with Gasteiger partial charge in [0.15, 0.2) is 5.15 Å². The molecular weight excluding hydrogens is 256 g/mol. The van der Waals surface area contributed by atoms with Gasteiger partial charge < -0.3 is 4.74 Å². The first-order valence-electron chi connectivity index (χ1n) is 4.81. The molecule has 0 saturated heterocycles. The summed E-state index contributed by atoms with van der Waals surface area (Å²) in [7, 11) is 0. The van der Waals surface area contributed by atoms with Gasteiger partial charge in [0.05, 0.1) is 11.6 Å². The number of hydrogen-bond acceptors (Lipinski definition) is 2. The van der Waals surface area contributed by atoms with E-state index in [4.69, 9.17) is 39.5 Å². The molecule has 0 atom stereocenters. The van der Waals surface area contributed by atoms with Crippen molar-refractivity contribution in [3.05, 3.63) is 21.3 Å². The second-order valence-corrected chi connectivity index (χ2v) is 4.80. The van der Waals surface area contributed by atoms with E-state index in [1.165, 1.54) is 12.8 Å². The molecule has 2 nitrogen and oxygen atoms in total. The maximum Gasteiger partial charge on any atom is 0.234 e. The van der Waals surface area contributed by atoms with Crippen LogP contribution in [-0.4, -0.2) is 11.6 Å². The standard InChI is InChI=1S/C10H10Cl3NO/c11-7-5-8(12)10(14-9(7)13)15-4-3-6-1-2-6/h5-6H,1-4H2. The summed E-state index contributed by atoms with van der Waals surface area (Å²) in [4.78, 5) is 3.97. The lowest BCUT2D eigenvalue weighted by Gasteiger charge is -2.07. The van der Waals surface area contributed by atoms with Crippen molar-refractivity contribution in [2.45, 2.75) is 19.3 Å². The Morgan fingerprint density at radius 2 is 2.00 bits per heavy atom. The third kappa shape index (κ3) is 3.13. The second kappa shape index (κ2) is 4.77. The van der Waals surface area contributed by atoms with Crippen molar-refractivity contribution in [2.24, 2.45) is 5.92 Å². The molecule has 0 radical (unpaired) electrons. The molecule has 0 aromatic carbocycles. The van der Waals surface area contributed by atoms with Gasteiger partial charge in [0.1, 0.15) is 5.02 Å². The smallest absolute Gasteiger partial charge is 0.234 e. The number of pyridine rings is 1. The van der Waals surface area contributed by atoms with Crippen molar-refractivity contribution < 1.29 is 4.74 Å². The average Bonchev–Trinajstić information content (AvgIpc) is 2.97. The van der Waals surface area contributed by atoms with Crippen molar-refractivity contribution in [2.75, 3.05) is 6.61 Å². The number of halogens is 3. The highest BCUT2D eigenvalue weighted by Crippen LogP contribution is 2.33. The van der Waals surface area contributed by atoms with Crippen LogP contribution in [0.1, 0.15) is 19.3 Å². The highest BCUT2D eigenvalue weighted by molar-refractivity contribution is 6.42. The summed E-state index contributed by atoms with van der Waals surface area (Å²) < 4.78 is 5.44. The van der Waals surface area contributed by atoms with Crippen molar-refractivity contribution in [1.82, 2.24) is 4.98 Å². The number of aromatic nitrogens is 1. The summed E-state index contributed by atoms with van der Waals surface area (Å²) >= 11 is 17.4. The van der Waals surface area contributed by atoms with Gasteiger partial charge >= 0.3 is 0 Å². The van der Waals surface area contributed by atoms with Gasteiger partial charge in [-0.3, -0.25) is 0 Å². The molecule has 5 heteroatoms. The highest BCUT2D eigenvalue weighted by atomic mass is 35.5. The lowest BCUT2D eigenvalue weighted by Crippen LogP contribution is -2.00. The van der Waals surface area contributed by atoms with Gasteiger partial charge in [-0.25, -0.2) is 0 Å². The fraction of sp³-hybridized carbons (Fsp3) is 0.500. The summed E-state index contributed by atoms with van der Waals surface area (Å²) in [5.41, 5.74) is 0. The fourth-order valence-electron chi connectivity index (χ4n) is 1.26. The Kier molecular flexibility index (Phi) is 3.60. The zero-order valence-corrected chi connectivity index (χ0v) is 10.2. The molecule has 1 aromatic rings. The van der Waals surface area contributed by atoms with Crippen LogP contribution in [0.15, 0.2) is 6.07 Å². The minimum atomic E-state index is 0.225. The maximum atomic E-state index is 5.90. The van der Waals surface area contributed by atoms with Gasteiger partial charge in [-0.15, -0.1) is 0 Å². The van der Waals surface area contributed by atoms with Gasteiger partial charge in [-0.2, -0.15) is 4.98 Å². The Morgan fingerprint density at radius 1 is 1.27 bits per heavy atom. The van der Waals surface area contributed by atoms with E-state index in [1.807, 2.05) is 0 Å². The maximum absolute atomic E-state index is 5.90. The van der Waals surface area contributed by atoms with Crippen molar-refractivity contribution in [1.29, 1.82) is 0 Å². The first-order chi connectivity index (χ1) is 7.16. The largest absolute Gasteiger partial charge is 0.477 e. The first kappa shape index (κ1) is 11.3. The number of nitrogens with zero attached hydrogens (tertiary/aromatic N) is 1. The minimum absolute atomic E-state index is 0.225. The molecule has 1 saturated carbocycles. The number of hydrogen-bond donors (Lipinski definition) is 0. The summed E-state index contributed by atoms with van der Waals surface area (Å²) in [6.45, 7) is 0.634. The summed E-state index contributed by atoms with van der Waals surface area (Å²) in [6.07, 6.45) is 3.68. The predicted molar refractivity (Wildman–Crippen MR) is 62.1 cm³/mol. The molecule has 0 spiro atoms. The zero-order valence-electron chi connectivity index (χ0n) is 7.97. The number of rotatable bonds is 4. The van der Waals surface area contributed by atoms with Crippen LogP contribution in [-0.2, 0) is 0 Å². The zero-order chi connectivity index (χ0) is 10.8. The predicted octanol–water partition coefficient (Wildman–Crippen LogP) is 4.22. The fourth-order valence-corrected chi connectivity index (χ4v) is 1.80. The van der Waals surface area contributed by atoms with Crippen LogP contribution in [0.3, 0.4) is 0 Å². The molecule has 1 aliphatic carbocycles. The van der Waals surface area contributed by atoms with Gasteiger partial charge in [-0.1, -0.05) is 47.6 Å². The van der Waals surface area contributed by atoms with Crippen molar-refractivity contribution in [3.8, 4) is 5.88 Å². The Labute approximate surface area is 103 Å². The molecule has 2 rings (SSSR count). The van der Waals surface area contributed by atoms with Crippen LogP contribution in [0, 0.1) is 5.92 Å².